The van der Waals surface area contributed by atoms with E-state index in [0.29, 0.717) is 16.6 Å². The summed E-state index contributed by atoms with van der Waals surface area (Å²) in [5.41, 5.74) is 0.896. The molecule has 0 atom stereocenters. The maximum Gasteiger partial charge on any atom is 0.333 e. The van der Waals surface area contributed by atoms with E-state index in [4.69, 9.17) is 16.3 Å². The highest BCUT2D eigenvalue weighted by atomic mass is 35.5. The molecule has 1 aliphatic rings. The summed E-state index contributed by atoms with van der Waals surface area (Å²) in [6.07, 6.45) is 1.25. The molecule has 134 valence electrons. The van der Waals surface area contributed by atoms with Crippen LogP contribution in [0.25, 0.3) is 0 Å². The Morgan fingerprint density at radius 2 is 2.20 bits per heavy atom. The van der Waals surface area contributed by atoms with Crippen molar-refractivity contribution in [1.29, 1.82) is 0 Å². The number of thioether (sulfide) groups is 1. The van der Waals surface area contributed by atoms with Gasteiger partial charge >= 0.3 is 5.97 Å². The van der Waals surface area contributed by atoms with Gasteiger partial charge in [-0.2, -0.15) is 0 Å². The summed E-state index contributed by atoms with van der Waals surface area (Å²) < 4.78 is 4.86. The zero-order valence-corrected chi connectivity index (χ0v) is 15.6. The fraction of sp³-hybridized carbons (Fsp3) is 0.353. The normalized spacial score (nSPS) is 15.6. The number of benzene rings is 1. The van der Waals surface area contributed by atoms with Crippen molar-refractivity contribution in [2.24, 2.45) is 0 Å². The number of carbonyl (C=O) groups is 3. The minimum Gasteiger partial charge on any atom is -0.463 e. The first-order valence-electron chi connectivity index (χ1n) is 7.70. The van der Waals surface area contributed by atoms with E-state index in [1.807, 2.05) is 12.1 Å². The maximum atomic E-state index is 12.4. The number of rotatable bonds is 6. The lowest BCUT2D eigenvalue weighted by atomic mass is 10.2. The van der Waals surface area contributed by atoms with Crippen molar-refractivity contribution in [3.63, 3.8) is 0 Å². The second kappa shape index (κ2) is 8.92. The van der Waals surface area contributed by atoms with Crippen LogP contribution >= 0.6 is 23.4 Å². The van der Waals surface area contributed by atoms with Gasteiger partial charge in [0.2, 0.25) is 11.8 Å². The van der Waals surface area contributed by atoms with Gasteiger partial charge in [-0.05, 0) is 24.6 Å². The maximum absolute atomic E-state index is 12.4. The number of hydrogen-bond acceptors (Lipinski definition) is 5. The standard InChI is InChI=1S/C17H19ClN2O4S/c1-3-24-17(23)8-16-20(15(22)11-25-16)10-14(21)19(2)9-12-5-4-6-13(18)7-12/h4-8H,3,9-11H2,1-2H3/b16-8-. The fourth-order valence-corrected chi connectivity index (χ4v) is 3.38. The minimum absolute atomic E-state index is 0.117. The van der Waals surface area contributed by atoms with E-state index in [9.17, 15) is 14.4 Å². The Morgan fingerprint density at radius 1 is 1.44 bits per heavy atom. The molecule has 0 radical (unpaired) electrons. The van der Waals surface area contributed by atoms with Gasteiger partial charge in [0.15, 0.2) is 0 Å². The molecule has 0 unspecified atom stereocenters. The van der Waals surface area contributed by atoms with Crippen molar-refractivity contribution >= 4 is 41.1 Å². The number of hydrogen-bond donors (Lipinski definition) is 0. The van der Waals surface area contributed by atoms with Crippen LogP contribution in [0.1, 0.15) is 12.5 Å². The molecule has 1 aromatic carbocycles. The molecule has 1 aromatic rings. The second-order valence-corrected chi connectivity index (χ2v) is 6.81. The third kappa shape index (κ3) is 5.51. The summed E-state index contributed by atoms with van der Waals surface area (Å²) in [6.45, 7) is 2.22. The summed E-state index contributed by atoms with van der Waals surface area (Å²) in [5.74, 6) is -0.753. The average molecular weight is 383 g/mol. The van der Waals surface area contributed by atoms with Crippen molar-refractivity contribution in [2.45, 2.75) is 13.5 Å². The summed E-state index contributed by atoms with van der Waals surface area (Å²) in [7, 11) is 1.66. The number of likely N-dealkylation sites (N-methyl/N-ethyl adjacent to an activating group) is 1. The van der Waals surface area contributed by atoms with Gasteiger partial charge in [-0.1, -0.05) is 35.5 Å². The van der Waals surface area contributed by atoms with Crippen molar-refractivity contribution in [3.05, 3.63) is 46.0 Å². The van der Waals surface area contributed by atoms with Gasteiger partial charge in [-0.25, -0.2) is 4.79 Å². The number of carbonyl (C=O) groups excluding carboxylic acids is 3. The van der Waals surface area contributed by atoms with E-state index in [2.05, 4.69) is 0 Å². The summed E-state index contributed by atoms with van der Waals surface area (Å²) >= 11 is 7.17. The number of esters is 1. The lowest BCUT2D eigenvalue weighted by Crippen LogP contribution is -2.38. The molecule has 2 rings (SSSR count). The molecule has 1 saturated heterocycles. The molecule has 0 N–H and O–H groups in total. The van der Waals surface area contributed by atoms with Crippen molar-refractivity contribution in [2.75, 3.05) is 26.0 Å². The summed E-state index contributed by atoms with van der Waals surface area (Å²) in [4.78, 5) is 38.9. The number of halogens is 1. The first kappa shape index (κ1) is 19.3. The van der Waals surface area contributed by atoms with Crippen LogP contribution in [0, 0.1) is 0 Å². The Bertz CT molecular complexity index is 708. The van der Waals surface area contributed by atoms with E-state index in [-0.39, 0.29) is 30.7 Å². The minimum atomic E-state index is -0.524. The van der Waals surface area contributed by atoms with Gasteiger partial charge in [-0.15, -0.1) is 0 Å². The van der Waals surface area contributed by atoms with Crippen LogP contribution < -0.4 is 0 Å². The van der Waals surface area contributed by atoms with Crippen LogP contribution in [0.4, 0.5) is 0 Å². The summed E-state index contributed by atoms with van der Waals surface area (Å²) in [5, 5.41) is 1.04. The van der Waals surface area contributed by atoms with Gasteiger partial charge in [0.25, 0.3) is 0 Å². The van der Waals surface area contributed by atoms with E-state index in [0.717, 1.165) is 5.56 Å². The molecule has 0 aromatic heterocycles. The highest BCUT2D eigenvalue weighted by Crippen LogP contribution is 2.28. The molecule has 8 heteroatoms. The third-order valence-corrected chi connectivity index (χ3v) is 4.73. The molecule has 1 aliphatic heterocycles. The highest BCUT2D eigenvalue weighted by Gasteiger charge is 2.30. The first-order chi connectivity index (χ1) is 11.9. The Kier molecular flexibility index (Phi) is 6.90. The molecule has 6 nitrogen and oxygen atoms in total. The quantitative estimate of drug-likeness (QED) is 0.557. The lowest BCUT2D eigenvalue weighted by Gasteiger charge is -2.22. The third-order valence-electron chi connectivity index (χ3n) is 3.47. The summed E-state index contributed by atoms with van der Waals surface area (Å²) in [6, 6.07) is 7.24. The number of ether oxygens (including phenoxy) is 1. The van der Waals surface area contributed by atoms with Crippen LogP contribution in [0.2, 0.25) is 5.02 Å². The Balaban J connectivity index is 2.01. The molecule has 1 fully saturated rings. The number of nitrogens with zero attached hydrogens (tertiary/aromatic N) is 2. The van der Waals surface area contributed by atoms with Crippen LogP contribution in [-0.4, -0.2) is 53.5 Å². The van der Waals surface area contributed by atoms with Gasteiger partial charge in [0.05, 0.1) is 23.5 Å². The molecule has 25 heavy (non-hydrogen) atoms. The van der Waals surface area contributed by atoms with Gasteiger partial charge < -0.3 is 9.64 Å². The Hall–Kier alpha value is -1.99. The second-order valence-electron chi connectivity index (χ2n) is 5.38. The van der Waals surface area contributed by atoms with Gasteiger partial charge in [0, 0.05) is 18.6 Å². The van der Waals surface area contributed by atoms with E-state index < -0.39 is 5.97 Å². The van der Waals surface area contributed by atoms with E-state index in [1.54, 1.807) is 26.1 Å². The van der Waals surface area contributed by atoms with Crippen LogP contribution in [0.3, 0.4) is 0 Å². The van der Waals surface area contributed by atoms with Crippen molar-refractivity contribution in [3.8, 4) is 0 Å². The lowest BCUT2D eigenvalue weighted by molar-refractivity contribution is -0.138. The molecular formula is C17H19ClN2O4S. The van der Waals surface area contributed by atoms with Crippen molar-refractivity contribution in [1.82, 2.24) is 9.80 Å². The van der Waals surface area contributed by atoms with Crippen LogP contribution in [0.5, 0.6) is 0 Å². The SMILES string of the molecule is CCOC(=O)/C=C1\SCC(=O)N1CC(=O)N(C)Cc1cccc(Cl)c1. The van der Waals surface area contributed by atoms with E-state index in [1.165, 1.54) is 27.6 Å². The molecular weight excluding hydrogens is 364 g/mol. The largest absolute Gasteiger partial charge is 0.463 e. The fourth-order valence-electron chi connectivity index (χ4n) is 2.24. The monoisotopic (exact) mass is 382 g/mol. The van der Waals surface area contributed by atoms with Crippen LogP contribution in [0.15, 0.2) is 35.4 Å². The molecule has 0 spiro atoms. The Labute approximate surface area is 155 Å². The molecule has 0 aliphatic carbocycles. The molecule has 0 saturated carbocycles. The predicted octanol–water partition coefficient (Wildman–Crippen LogP) is 2.28. The van der Waals surface area contributed by atoms with E-state index >= 15 is 0 Å². The molecule has 0 bridgehead atoms. The number of amides is 2. The predicted molar refractivity (Wildman–Crippen MR) is 96.8 cm³/mol. The molecule has 2 amide bonds. The smallest absolute Gasteiger partial charge is 0.333 e. The van der Waals surface area contributed by atoms with Gasteiger partial charge in [-0.3, -0.25) is 14.5 Å². The Morgan fingerprint density at radius 3 is 2.88 bits per heavy atom. The molecule has 1 heterocycles. The first-order valence-corrected chi connectivity index (χ1v) is 9.07. The van der Waals surface area contributed by atoms with Crippen molar-refractivity contribution < 1.29 is 19.1 Å². The van der Waals surface area contributed by atoms with Gasteiger partial charge in [0.1, 0.15) is 6.54 Å². The topological polar surface area (TPSA) is 66.9 Å². The average Bonchev–Trinajstić information content (AvgIpc) is 2.88. The highest BCUT2D eigenvalue weighted by molar-refractivity contribution is 8.04. The zero-order valence-electron chi connectivity index (χ0n) is 14.0. The van der Waals surface area contributed by atoms with Crippen LogP contribution in [-0.2, 0) is 25.7 Å². The zero-order chi connectivity index (χ0) is 18.4.